The van der Waals surface area contributed by atoms with Crippen LogP contribution >= 0.6 is 0 Å². The predicted molar refractivity (Wildman–Crippen MR) is 64.3 cm³/mol. The van der Waals surface area contributed by atoms with Crippen molar-refractivity contribution in [3.63, 3.8) is 0 Å². The van der Waals surface area contributed by atoms with Gasteiger partial charge in [0.2, 0.25) is 10.0 Å². The summed E-state index contributed by atoms with van der Waals surface area (Å²) >= 11 is 0. The molecule has 0 atom stereocenters. The zero-order chi connectivity index (χ0) is 14.5. The lowest BCUT2D eigenvalue weighted by molar-refractivity contribution is -0.135. The molecule has 108 valence electrons. The van der Waals surface area contributed by atoms with Crippen LogP contribution in [0.4, 0.5) is 19.0 Å². The number of nitrogens with one attached hydrogen (secondary N) is 2. The zero-order valence-electron chi connectivity index (χ0n) is 10.2. The summed E-state index contributed by atoms with van der Waals surface area (Å²) in [5.41, 5.74) is 0. The lowest BCUT2D eigenvalue weighted by Crippen LogP contribution is -2.26. The van der Waals surface area contributed by atoms with Crippen molar-refractivity contribution in [2.24, 2.45) is 0 Å². The molecule has 0 spiro atoms. The molecule has 0 radical (unpaired) electrons. The molecule has 5 nitrogen and oxygen atoms in total. The Labute approximate surface area is 109 Å². The molecular formula is C10H14F3N3O2S. The van der Waals surface area contributed by atoms with Crippen molar-refractivity contribution in [1.82, 2.24) is 9.71 Å². The normalized spacial score (nSPS) is 12.4. The highest BCUT2D eigenvalue weighted by molar-refractivity contribution is 7.89. The van der Waals surface area contributed by atoms with Crippen LogP contribution in [0.5, 0.6) is 0 Å². The SMILES string of the molecule is CNc1ncccc1S(=O)(=O)NCCCC(F)(F)F. The molecule has 2 N–H and O–H groups in total. The van der Waals surface area contributed by atoms with E-state index >= 15 is 0 Å². The second-order valence-corrected chi connectivity index (χ2v) is 5.45. The number of hydrogen-bond acceptors (Lipinski definition) is 4. The number of hydrogen-bond donors (Lipinski definition) is 2. The minimum Gasteiger partial charge on any atom is -0.372 e. The number of pyridine rings is 1. The van der Waals surface area contributed by atoms with E-state index in [0.717, 1.165) is 0 Å². The van der Waals surface area contributed by atoms with Gasteiger partial charge in [0, 0.05) is 26.2 Å². The van der Waals surface area contributed by atoms with Gasteiger partial charge < -0.3 is 5.32 Å². The van der Waals surface area contributed by atoms with Crippen molar-refractivity contribution in [3.8, 4) is 0 Å². The van der Waals surface area contributed by atoms with Gasteiger partial charge in [-0.1, -0.05) is 0 Å². The molecule has 0 saturated heterocycles. The monoisotopic (exact) mass is 297 g/mol. The molecule has 0 unspecified atom stereocenters. The molecule has 0 saturated carbocycles. The van der Waals surface area contributed by atoms with Gasteiger partial charge >= 0.3 is 6.18 Å². The Morgan fingerprint density at radius 1 is 1.37 bits per heavy atom. The smallest absolute Gasteiger partial charge is 0.372 e. The number of anilines is 1. The number of rotatable bonds is 6. The second kappa shape index (κ2) is 6.20. The second-order valence-electron chi connectivity index (χ2n) is 3.72. The van der Waals surface area contributed by atoms with Crippen LogP contribution in [-0.2, 0) is 10.0 Å². The minimum atomic E-state index is -4.28. The van der Waals surface area contributed by atoms with Gasteiger partial charge in [-0.3, -0.25) is 0 Å². The molecule has 0 amide bonds. The lowest BCUT2D eigenvalue weighted by atomic mass is 10.3. The van der Waals surface area contributed by atoms with E-state index in [1.165, 1.54) is 25.4 Å². The standard InChI is InChI=1S/C10H14F3N3O2S/c1-14-9-8(4-2-6-15-9)19(17,18)16-7-3-5-10(11,12)13/h2,4,6,16H,3,5,7H2,1H3,(H,14,15). The van der Waals surface area contributed by atoms with Crippen LogP contribution < -0.4 is 10.0 Å². The highest BCUT2D eigenvalue weighted by Gasteiger charge is 2.26. The van der Waals surface area contributed by atoms with E-state index in [2.05, 4.69) is 15.0 Å². The number of sulfonamides is 1. The Balaban J connectivity index is 2.66. The first-order valence-corrected chi connectivity index (χ1v) is 6.94. The molecular weight excluding hydrogens is 283 g/mol. The molecule has 0 aliphatic carbocycles. The van der Waals surface area contributed by atoms with Crippen molar-refractivity contribution >= 4 is 15.8 Å². The molecule has 0 bridgehead atoms. The summed E-state index contributed by atoms with van der Waals surface area (Å²) < 4.78 is 61.6. The van der Waals surface area contributed by atoms with Crippen molar-refractivity contribution in [2.45, 2.75) is 23.9 Å². The summed E-state index contributed by atoms with van der Waals surface area (Å²) in [6.45, 7) is -0.278. The number of nitrogens with zero attached hydrogens (tertiary/aromatic N) is 1. The third kappa shape index (κ3) is 5.03. The van der Waals surface area contributed by atoms with Crippen molar-refractivity contribution < 1.29 is 21.6 Å². The quantitative estimate of drug-likeness (QED) is 0.785. The van der Waals surface area contributed by atoms with E-state index in [4.69, 9.17) is 0 Å². The maximum atomic E-state index is 11.9. The summed E-state index contributed by atoms with van der Waals surface area (Å²) in [7, 11) is -2.36. The predicted octanol–water partition coefficient (Wildman–Crippen LogP) is 1.74. The fourth-order valence-electron chi connectivity index (χ4n) is 1.37. The summed E-state index contributed by atoms with van der Waals surface area (Å²) in [4.78, 5) is 3.73. The third-order valence-corrected chi connectivity index (χ3v) is 3.72. The van der Waals surface area contributed by atoms with Crippen molar-refractivity contribution in [2.75, 3.05) is 18.9 Å². The Kier molecular flexibility index (Phi) is 5.12. The molecule has 0 fully saturated rings. The van der Waals surface area contributed by atoms with Gasteiger partial charge in [-0.25, -0.2) is 18.1 Å². The van der Waals surface area contributed by atoms with E-state index in [-0.39, 0.29) is 23.7 Å². The van der Waals surface area contributed by atoms with E-state index in [0.29, 0.717) is 0 Å². The van der Waals surface area contributed by atoms with E-state index in [1.807, 2.05) is 0 Å². The summed E-state index contributed by atoms with van der Waals surface area (Å²) in [5.74, 6) is 0.144. The Morgan fingerprint density at radius 3 is 2.63 bits per heavy atom. The van der Waals surface area contributed by atoms with Gasteiger partial charge in [-0.05, 0) is 18.6 Å². The van der Waals surface area contributed by atoms with Gasteiger partial charge in [0.05, 0.1) is 0 Å². The van der Waals surface area contributed by atoms with Crippen LogP contribution in [0.25, 0.3) is 0 Å². The van der Waals surface area contributed by atoms with E-state index in [9.17, 15) is 21.6 Å². The molecule has 1 aromatic rings. The van der Waals surface area contributed by atoms with Crippen LogP contribution in [0, 0.1) is 0 Å². The summed E-state index contributed by atoms with van der Waals surface area (Å²) in [6.07, 6.45) is -4.20. The first-order valence-electron chi connectivity index (χ1n) is 5.45. The first-order chi connectivity index (χ1) is 8.76. The molecule has 19 heavy (non-hydrogen) atoms. The lowest BCUT2D eigenvalue weighted by Gasteiger charge is -2.10. The molecule has 1 heterocycles. The van der Waals surface area contributed by atoms with E-state index < -0.39 is 22.6 Å². The topological polar surface area (TPSA) is 71.1 Å². The molecule has 1 rings (SSSR count). The minimum absolute atomic E-state index is 0.0930. The largest absolute Gasteiger partial charge is 0.389 e. The number of alkyl halides is 3. The van der Waals surface area contributed by atoms with E-state index in [1.54, 1.807) is 0 Å². The maximum absolute atomic E-state index is 11.9. The Morgan fingerprint density at radius 2 is 2.05 bits per heavy atom. The maximum Gasteiger partial charge on any atom is 0.389 e. The molecule has 1 aromatic heterocycles. The first kappa shape index (κ1) is 15.7. The van der Waals surface area contributed by atoms with Crippen LogP contribution in [0.2, 0.25) is 0 Å². The van der Waals surface area contributed by atoms with Crippen LogP contribution in [0.3, 0.4) is 0 Å². The van der Waals surface area contributed by atoms with Crippen LogP contribution in [0.15, 0.2) is 23.2 Å². The van der Waals surface area contributed by atoms with Gasteiger partial charge in [-0.2, -0.15) is 13.2 Å². The Bertz CT molecular complexity index is 517. The summed E-state index contributed by atoms with van der Waals surface area (Å²) in [6, 6.07) is 2.76. The average Bonchev–Trinajstić information content (AvgIpc) is 2.33. The van der Waals surface area contributed by atoms with Crippen molar-refractivity contribution in [1.29, 1.82) is 0 Å². The fraction of sp³-hybridized carbons (Fsp3) is 0.500. The van der Waals surface area contributed by atoms with Crippen molar-refractivity contribution in [3.05, 3.63) is 18.3 Å². The zero-order valence-corrected chi connectivity index (χ0v) is 11.0. The molecule has 0 aliphatic rings. The van der Waals surface area contributed by atoms with Gasteiger partial charge in [-0.15, -0.1) is 0 Å². The summed E-state index contributed by atoms with van der Waals surface area (Å²) in [5, 5.41) is 2.61. The highest BCUT2D eigenvalue weighted by Crippen LogP contribution is 2.21. The molecule has 9 heteroatoms. The van der Waals surface area contributed by atoms with Gasteiger partial charge in [0.15, 0.2) is 0 Å². The molecule has 0 aliphatic heterocycles. The van der Waals surface area contributed by atoms with Crippen LogP contribution in [0.1, 0.15) is 12.8 Å². The molecule has 0 aromatic carbocycles. The van der Waals surface area contributed by atoms with Gasteiger partial charge in [0.1, 0.15) is 10.7 Å². The number of aromatic nitrogens is 1. The van der Waals surface area contributed by atoms with Gasteiger partial charge in [0.25, 0.3) is 0 Å². The highest BCUT2D eigenvalue weighted by atomic mass is 32.2. The van der Waals surface area contributed by atoms with Crippen LogP contribution in [-0.4, -0.2) is 33.2 Å². The number of halogens is 3. The third-order valence-electron chi connectivity index (χ3n) is 2.23. The fourth-order valence-corrected chi connectivity index (χ4v) is 2.60. The Hall–Kier alpha value is -1.35. The average molecular weight is 297 g/mol.